The lowest BCUT2D eigenvalue weighted by Gasteiger charge is -2.12. The van der Waals surface area contributed by atoms with Gasteiger partial charge in [-0.2, -0.15) is 0 Å². The van der Waals surface area contributed by atoms with Crippen LogP contribution in [0, 0.1) is 11.8 Å². The van der Waals surface area contributed by atoms with Crippen LogP contribution in [0.1, 0.15) is 32.8 Å². The van der Waals surface area contributed by atoms with Crippen molar-refractivity contribution in [3.05, 3.63) is 29.8 Å². The second-order valence-corrected chi connectivity index (χ2v) is 7.48. The van der Waals surface area contributed by atoms with E-state index in [2.05, 4.69) is 18.6 Å². The quantitative estimate of drug-likeness (QED) is 0.773. The zero-order chi connectivity index (χ0) is 15.2. The number of sulfonamides is 1. The molecule has 0 bridgehead atoms. The molecule has 4 nitrogen and oxygen atoms in total. The normalized spacial score (nSPS) is 13.7. The van der Waals surface area contributed by atoms with Crippen LogP contribution in [-0.4, -0.2) is 26.7 Å². The number of benzene rings is 1. The van der Waals surface area contributed by atoms with Crippen LogP contribution in [0.3, 0.4) is 0 Å². The SMILES string of the molecule is CC(C)Cc1ccc(S(=O)(=O)NCC(C)CCO)cc1. The van der Waals surface area contributed by atoms with Gasteiger partial charge in [-0.25, -0.2) is 13.1 Å². The molecule has 20 heavy (non-hydrogen) atoms. The molecule has 114 valence electrons. The first-order valence-corrected chi connectivity index (χ1v) is 8.53. The lowest BCUT2D eigenvalue weighted by molar-refractivity contribution is 0.263. The van der Waals surface area contributed by atoms with E-state index in [1.165, 1.54) is 0 Å². The summed E-state index contributed by atoms with van der Waals surface area (Å²) >= 11 is 0. The Morgan fingerprint density at radius 2 is 1.75 bits per heavy atom. The molecule has 0 spiro atoms. The second kappa shape index (κ2) is 7.76. The molecule has 5 heteroatoms. The second-order valence-electron chi connectivity index (χ2n) is 5.71. The highest BCUT2D eigenvalue weighted by molar-refractivity contribution is 7.89. The van der Waals surface area contributed by atoms with Gasteiger partial charge in [-0.15, -0.1) is 0 Å². The molecule has 1 aromatic carbocycles. The number of nitrogens with one attached hydrogen (secondary N) is 1. The highest BCUT2D eigenvalue weighted by Gasteiger charge is 2.15. The Balaban J connectivity index is 2.68. The Morgan fingerprint density at radius 1 is 1.15 bits per heavy atom. The van der Waals surface area contributed by atoms with E-state index < -0.39 is 10.0 Å². The van der Waals surface area contributed by atoms with Crippen molar-refractivity contribution in [1.82, 2.24) is 4.72 Å². The Bertz CT molecular complexity index is 494. The third-order valence-corrected chi connectivity index (χ3v) is 4.56. The zero-order valence-electron chi connectivity index (χ0n) is 12.5. The van der Waals surface area contributed by atoms with Gasteiger partial charge in [0.15, 0.2) is 0 Å². The summed E-state index contributed by atoms with van der Waals surface area (Å²) in [7, 11) is -3.45. The number of hydrogen-bond donors (Lipinski definition) is 2. The maximum Gasteiger partial charge on any atom is 0.240 e. The lowest BCUT2D eigenvalue weighted by Crippen LogP contribution is -2.28. The molecule has 0 saturated heterocycles. The Labute approximate surface area is 122 Å². The fourth-order valence-corrected chi connectivity index (χ4v) is 3.10. The van der Waals surface area contributed by atoms with Crippen molar-refractivity contribution >= 4 is 10.0 Å². The molecule has 1 rings (SSSR count). The van der Waals surface area contributed by atoms with Crippen molar-refractivity contribution in [2.75, 3.05) is 13.2 Å². The van der Waals surface area contributed by atoms with E-state index in [9.17, 15) is 8.42 Å². The topological polar surface area (TPSA) is 66.4 Å². The molecule has 0 aliphatic rings. The fraction of sp³-hybridized carbons (Fsp3) is 0.600. The summed E-state index contributed by atoms with van der Waals surface area (Å²) in [6, 6.07) is 7.03. The third kappa shape index (κ3) is 5.61. The monoisotopic (exact) mass is 299 g/mol. The molecular weight excluding hydrogens is 274 g/mol. The van der Waals surface area contributed by atoms with Gasteiger partial charge in [-0.1, -0.05) is 32.9 Å². The van der Waals surface area contributed by atoms with Gasteiger partial charge in [0, 0.05) is 13.2 Å². The van der Waals surface area contributed by atoms with Crippen molar-refractivity contribution in [3.8, 4) is 0 Å². The summed E-state index contributed by atoms with van der Waals surface area (Å²) in [6.45, 7) is 6.59. The van der Waals surface area contributed by atoms with Crippen molar-refractivity contribution in [2.24, 2.45) is 11.8 Å². The van der Waals surface area contributed by atoms with Crippen molar-refractivity contribution in [1.29, 1.82) is 0 Å². The van der Waals surface area contributed by atoms with Crippen LogP contribution >= 0.6 is 0 Å². The van der Waals surface area contributed by atoms with E-state index in [4.69, 9.17) is 5.11 Å². The van der Waals surface area contributed by atoms with Crippen LogP contribution in [0.5, 0.6) is 0 Å². The van der Waals surface area contributed by atoms with Gasteiger partial charge in [-0.3, -0.25) is 0 Å². The molecule has 0 amide bonds. The Hall–Kier alpha value is -0.910. The summed E-state index contributed by atoms with van der Waals surface area (Å²) in [5.41, 5.74) is 1.15. The third-order valence-electron chi connectivity index (χ3n) is 3.12. The summed E-state index contributed by atoms with van der Waals surface area (Å²) in [5, 5.41) is 8.81. The summed E-state index contributed by atoms with van der Waals surface area (Å²) in [6.07, 6.45) is 1.54. The van der Waals surface area contributed by atoms with Gasteiger partial charge in [0.1, 0.15) is 0 Å². The first-order valence-electron chi connectivity index (χ1n) is 7.04. The molecular formula is C15H25NO3S. The van der Waals surface area contributed by atoms with E-state index in [1.807, 2.05) is 19.1 Å². The van der Waals surface area contributed by atoms with E-state index in [0.717, 1.165) is 12.0 Å². The van der Waals surface area contributed by atoms with Crippen molar-refractivity contribution < 1.29 is 13.5 Å². The lowest BCUT2D eigenvalue weighted by atomic mass is 10.0. The predicted octanol–water partition coefficient (Wildman–Crippen LogP) is 2.18. The minimum atomic E-state index is -3.45. The van der Waals surface area contributed by atoms with E-state index >= 15 is 0 Å². The number of aliphatic hydroxyl groups is 1. The summed E-state index contributed by atoms with van der Waals surface area (Å²) in [4.78, 5) is 0.293. The van der Waals surface area contributed by atoms with E-state index in [-0.39, 0.29) is 12.5 Å². The highest BCUT2D eigenvalue weighted by Crippen LogP contribution is 2.14. The first-order chi connectivity index (χ1) is 9.35. The predicted molar refractivity (Wildman–Crippen MR) is 81.0 cm³/mol. The summed E-state index contributed by atoms with van der Waals surface area (Å²) in [5.74, 6) is 0.671. The first kappa shape index (κ1) is 17.1. The van der Waals surface area contributed by atoms with Crippen LogP contribution < -0.4 is 4.72 Å². The molecule has 1 aromatic rings. The van der Waals surface area contributed by atoms with Gasteiger partial charge in [0.2, 0.25) is 10.0 Å². The molecule has 1 atom stereocenters. The molecule has 0 aromatic heterocycles. The standard InChI is InChI=1S/C15H25NO3S/c1-12(2)10-14-4-6-15(7-5-14)20(18,19)16-11-13(3)8-9-17/h4-7,12-13,16-17H,8-11H2,1-3H3. The van der Waals surface area contributed by atoms with Gasteiger partial charge < -0.3 is 5.11 Å². The van der Waals surface area contributed by atoms with Gasteiger partial charge in [-0.05, 0) is 42.4 Å². The Kier molecular flexibility index (Phi) is 6.65. The number of aliphatic hydroxyl groups excluding tert-OH is 1. The van der Waals surface area contributed by atoms with Gasteiger partial charge in [0.25, 0.3) is 0 Å². The molecule has 0 heterocycles. The Morgan fingerprint density at radius 3 is 2.25 bits per heavy atom. The molecule has 0 fully saturated rings. The van der Waals surface area contributed by atoms with Crippen LogP contribution in [0.15, 0.2) is 29.2 Å². The van der Waals surface area contributed by atoms with Gasteiger partial charge >= 0.3 is 0 Å². The van der Waals surface area contributed by atoms with Crippen LogP contribution in [0.2, 0.25) is 0 Å². The average molecular weight is 299 g/mol. The minimum Gasteiger partial charge on any atom is -0.396 e. The average Bonchev–Trinajstić information content (AvgIpc) is 2.37. The van der Waals surface area contributed by atoms with Gasteiger partial charge in [0.05, 0.1) is 4.90 Å². The maximum absolute atomic E-state index is 12.1. The number of hydrogen-bond acceptors (Lipinski definition) is 3. The molecule has 0 aliphatic carbocycles. The van der Waals surface area contributed by atoms with Crippen molar-refractivity contribution in [3.63, 3.8) is 0 Å². The number of rotatable bonds is 8. The maximum atomic E-state index is 12.1. The largest absolute Gasteiger partial charge is 0.396 e. The van der Waals surface area contributed by atoms with Crippen LogP contribution in [0.4, 0.5) is 0 Å². The molecule has 0 saturated carbocycles. The fourth-order valence-electron chi connectivity index (χ4n) is 1.93. The van der Waals surface area contributed by atoms with Crippen LogP contribution in [0.25, 0.3) is 0 Å². The molecule has 2 N–H and O–H groups in total. The molecule has 1 unspecified atom stereocenters. The highest BCUT2D eigenvalue weighted by atomic mass is 32.2. The van der Waals surface area contributed by atoms with E-state index in [0.29, 0.717) is 23.8 Å². The minimum absolute atomic E-state index is 0.0762. The molecule has 0 radical (unpaired) electrons. The molecule has 0 aliphatic heterocycles. The van der Waals surface area contributed by atoms with Crippen LogP contribution in [-0.2, 0) is 16.4 Å². The smallest absolute Gasteiger partial charge is 0.240 e. The zero-order valence-corrected chi connectivity index (χ0v) is 13.3. The van der Waals surface area contributed by atoms with E-state index in [1.54, 1.807) is 12.1 Å². The van der Waals surface area contributed by atoms with Crippen molar-refractivity contribution in [2.45, 2.75) is 38.5 Å². The summed E-state index contributed by atoms with van der Waals surface area (Å²) < 4.78 is 26.8.